The number of thiophene rings is 1. The SMILES string of the molecule is CCc1cc(N)sc1Br. The monoisotopic (exact) mass is 205 g/mol. The summed E-state index contributed by atoms with van der Waals surface area (Å²) in [5, 5.41) is 0.888. The predicted molar refractivity (Wildman–Crippen MR) is 45.8 cm³/mol. The molecule has 0 aromatic carbocycles. The van der Waals surface area contributed by atoms with Crippen LogP contribution in [0.2, 0.25) is 0 Å². The zero-order valence-corrected chi connectivity index (χ0v) is 7.55. The van der Waals surface area contributed by atoms with E-state index in [0.717, 1.165) is 11.4 Å². The van der Waals surface area contributed by atoms with E-state index in [1.165, 1.54) is 9.35 Å². The highest BCUT2D eigenvalue weighted by atomic mass is 79.9. The molecule has 1 aromatic rings. The number of halogens is 1. The van der Waals surface area contributed by atoms with Gasteiger partial charge in [-0.3, -0.25) is 0 Å². The molecule has 0 bridgehead atoms. The van der Waals surface area contributed by atoms with Crippen molar-refractivity contribution in [3.8, 4) is 0 Å². The lowest BCUT2D eigenvalue weighted by Gasteiger charge is -1.85. The fraction of sp³-hybridized carbons (Fsp3) is 0.333. The molecule has 50 valence electrons. The maximum atomic E-state index is 5.54. The van der Waals surface area contributed by atoms with Gasteiger partial charge in [0.15, 0.2) is 0 Å². The third-order valence-corrected chi connectivity index (χ3v) is 2.95. The largest absolute Gasteiger partial charge is 0.391 e. The highest BCUT2D eigenvalue weighted by Crippen LogP contribution is 2.29. The fourth-order valence-electron chi connectivity index (χ4n) is 0.668. The zero-order valence-electron chi connectivity index (χ0n) is 5.15. The first kappa shape index (κ1) is 7.09. The molecule has 1 rings (SSSR count). The third-order valence-electron chi connectivity index (χ3n) is 1.16. The Morgan fingerprint density at radius 1 is 1.78 bits per heavy atom. The van der Waals surface area contributed by atoms with Gasteiger partial charge in [0.05, 0.1) is 8.79 Å². The maximum absolute atomic E-state index is 5.54. The topological polar surface area (TPSA) is 26.0 Å². The molecule has 0 spiro atoms. The Hall–Kier alpha value is -0.0200. The fourth-order valence-corrected chi connectivity index (χ4v) is 2.37. The first-order chi connectivity index (χ1) is 4.24. The highest BCUT2D eigenvalue weighted by Gasteiger charge is 2.00. The van der Waals surface area contributed by atoms with Crippen molar-refractivity contribution in [2.24, 2.45) is 0 Å². The molecular formula is C6H8BrNS. The van der Waals surface area contributed by atoms with Crippen LogP contribution >= 0.6 is 27.3 Å². The summed E-state index contributed by atoms with van der Waals surface area (Å²) in [6, 6.07) is 2.01. The molecule has 0 aliphatic rings. The second-order valence-electron chi connectivity index (χ2n) is 1.80. The third kappa shape index (κ3) is 1.46. The zero-order chi connectivity index (χ0) is 6.85. The Bertz CT molecular complexity index is 207. The van der Waals surface area contributed by atoms with Crippen molar-refractivity contribution in [2.45, 2.75) is 13.3 Å². The van der Waals surface area contributed by atoms with Gasteiger partial charge < -0.3 is 5.73 Å². The molecule has 0 unspecified atom stereocenters. The van der Waals surface area contributed by atoms with Crippen molar-refractivity contribution in [3.05, 3.63) is 15.4 Å². The van der Waals surface area contributed by atoms with Crippen LogP contribution in [0.5, 0.6) is 0 Å². The lowest BCUT2D eigenvalue weighted by atomic mass is 10.3. The van der Waals surface area contributed by atoms with Crippen LogP contribution in [0.1, 0.15) is 12.5 Å². The smallest absolute Gasteiger partial charge is 0.0871 e. The number of anilines is 1. The van der Waals surface area contributed by atoms with Crippen LogP contribution in [0.15, 0.2) is 9.85 Å². The Morgan fingerprint density at radius 3 is 2.67 bits per heavy atom. The Kier molecular flexibility index (Phi) is 2.13. The average molecular weight is 206 g/mol. The van der Waals surface area contributed by atoms with Gasteiger partial charge in [-0.25, -0.2) is 0 Å². The van der Waals surface area contributed by atoms with Crippen molar-refractivity contribution in [1.29, 1.82) is 0 Å². The van der Waals surface area contributed by atoms with Crippen LogP contribution in [0.25, 0.3) is 0 Å². The summed E-state index contributed by atoms with van der Waals surface area (Å²) in [7, 11) is 0. The predicted octanol–water partition coefficient (Wildman–Crippen LogP) is 2.66. The van der Waals surface area contributed by atoms with Crippen LogP contribution in [0, 0.1) is 0 Å². The standard InChI is InChI=1S/C6H8BrNS/c1-2-4-3-5(8)9-6(4)7/h3H,2,8H2,1H3. The van der Waals surface area contributed by atoms with Crippen LogP contribution in [-0.2, 0) is 6.42 Å². The van der Waals surface area contributed by atoms with Crippen molar-refractivity contribution in [3.63, 3.8) is 0 Å². The van der Waals surface area contributed by atoms with Crippen LogP contribution in [0.3, 0.4) is 0 Å². The van der Waals surface area contributed by atoms with Gasteiger partial charge in [-0.1, -0.05) is 6.92 Å². The Labute approximate surface area is 67.0 Å². The van der Waals surface area contributed by atoms with Gasteiger partial charge in [0.1, 0.15) is 0 Å². The molecule has 0 saturated carbocycles. The van der Waals surface area contributed by atoms with E-state index < -0.39 is 0 Å². The number of hydrogen-bond acceptors (Lipinski definition) is 2. The summed E-state index contributed by atoms with van der Waals surface area (Å²) in [4.78, 5) is 0. The Morgan fingerprint density at radius 2 is 2.44 bits per heavy atom. The van der Waals surface area contributed by atoms with Crippen LogP contribution in [-0.4, -0.2) is 0 Å². The summed E-state index contributed by atoms with van der Waals surface area (Å²) in [5.74, 6) is 0. The number of rotatable bonds is 1. The minimum absolute atomic E-state index is 0.888. The first-order valence-electron chi connectivity index (χ1n) is 2.77. The molecule has 0 amide bonds. The van der Waals surface area contributed by atoms with Crippen LogP contribution in [0.4, 0.5) is 5.00 Å². The van der Waals surface area contributed by atoms with E-state index in [9.17, 15) is 0 Å². The number of hydrogen-bond donors (Lipinski definition) is 1. The maximum Gasteiger partial charge on any atom is 0.0871 e. The second kappa shape index (κ2) is 2.71. The van der Waals surface area contributed by atoms with Crippen molar-refractivity contribution in [2.75, 3.05) is 5.73 Å². The van der Waals surface area contributed by atoms with E-state index in [1.54, 1.807) is 11.3 Å². The molecular weight excluding hydrogens is 198 g/mol. The number of nitrogens with two attached hydrogens (primary N) is 1. The summed E-state index contributed by atoms with van der Waals surface area (Å²) < 4.78 is 1.17. The van der Waals surface area contributed by atoms with E-state index >= 15 is 0 Å². The molecule has 1 heterocycles. The lowest BCUT2D eigenvalue weighted by molar-refractivity contribution is 1.15. The second-order valence-corrected chi connectivity index (χ2v) is 4.20. The van der Waals surface area contributed by atoms with Gasteiger partial charge in [0.2, 0.25) is 0 Å². The molecule has 1 aromatic heterocycles. The molecule has 0 radical (unpaired) electrons. The van der Waals surface area contributed by atoms with Gasteiger partial charge >= 0.3 is 0 Å². The normalized spacial score (nSPS) is 10.0. The van der Waals surface area contributed by atoms with Gasteiger partial charge in [0, 0.05) is 0 Å². The Balaban J connectivity index is 3.01. The van der Waals surface area contributed by atoms with Gasteiger partial charge in [0.25, 0.3) is 0 Å². The lowest BCUT2D eigenvalue weighted by Crippen LogP contribution is -1.76. The van der Waals surface area contributed by atoms with Crippen LogP contribution < -0.4 is 5.73 Å². The van der Waals surface area contributed by atoms with E-state index in [4.69, 9.17) is 5.73 Å². The minimum atomic E-state index is 0.888. The van der Waals surface area contributed by atoms with E-state index in [-0.39, 0.29) is 0 Å². The average Bonchev–Trinajstić information content (AvgIpc) is 2.10. The number of nitrogen functional groups attached to an aromatic ring is 1. The van der Waals surface area contributed by atoms with Crippen molar-refractivity contribution < 1.29 is 0 Å². The molecule has 0 atom stereocenters. The van der Waals surface area contributed by atoms with Crippen molar-refractivity contribution >= 4 is 32.3 Å². The van der Waals surface area contributed by atoms with Gasteiger partial charge in [-0.15, -0.1) is 11.3 Å². The summed E-state index contributed by atoms with van der Waals surface area (Å²) >= 11 is 5.00. The number of aryl methyl sites for hydroxylation is 1. The first-order valence-corrected chi connectivity index (χ1v) is 4.38. The minimum Gasteiger partial charge on any atom is -0.391 e. The van der Waals surface area contributed by atoms with Gasteiger partial charge in [-0.05, 0) is 34.0 Å². The molecule has 1 nitrogen and oxygen atoms in total. The van der Waals surface area contributed by atoms with Crippen molar-refractivity contribution in [1.82, 2.24) is 0 Å². The highest BCUT2D eigenvalue weighted by molar-refractivity contribution is 9.11. The summed E-state index contributed by atoms with van der Waals surface area (Å²) in [6.45, 7) is 2.12. The molecule has 0 saturated heterocycles. The molecule has 9 heavy (non-hydrogen) atoms. The summed E-state index contributed by atoms with van der Waals surface area (Å²) in [6.07, 6.45) is 1.05. The molecule has 2 N–H and O–H groups in total. The quantitative estimate of drug-likeness (QED) is 0.750. The molecule has 0 fully saturated rings. The molecule has 0 aliphatic heterocycles. The van der Waals surface area contributed by atoms with E-state index in [0.29, 0.717) is 0 Å². The van der Waals surface area contributed by atoms with E-state index in [2.05, 4.69) is 22.9 Å². The van der Waals surface area contributed by atoms with Gasteiger partial charge in [-0.2, -0.15) is 0 Å². The summed E-state index contributed by atoms with van der Waals surface area (Å²) in [5.41, 5.74) is 6.85. The molecule has 0 aliphatic carbocycles. The molecule has 3 heteroatoms. The van der Waals surface area contributed by atoms with E-state index in [1.807, 2.05) is 6.07 Å².